The lowest BCUT2D eigenvalue weighted by Gasteiger charge is -2.35. The van der Waals surface area contributed by atoms with Crippen LogP contribution in [0.3, 0.4) is 0 Å². The highest BCUT2D eigenvalue weighted by atomic mass is 19.1. The minimum Gasteiger partial charge on any atom is -0.480 e. The van der Waals surface area contributed by atoms with Crippen LogP contribution in [-0.4, -0.2) is 52.8 Å². The molecule has 0 saturated heterocycles. The summed E-state index contributed by atoms with van der Waals surface area (Å²) >= 11 is 0. The first-order chi connectivity index (χ1) is 16.9. The fraction of sp³-hybridized carbons (Fsp3) is 0.429. The molecular weight excluding hydrogens is 447 g/mol. The first-order valence-corrected chi connectivity index (χ1v) is 12.3. The highest BCUT2D eigenvalue weighted by Gasteiger charge is 2.33. The van der Waals surface area contributed by atoms with Crippen LogP contribution in [0.15, 0.2) is 48.5 Å². The third-order valence-corrected chi connectivity index (χ3v) is 7.09. The molecule has 1 aliphatic rings. The number of nitrogens with zero attached hydrogens (tertiary/aromatic N) is 2. The van der Waals surface area contributed by atoms with E-state index in [0.29, 0.717) is 45.3 Å². The summed E-state index contributed by atoms with van der Waals surface area (Å²) in [6.07, 6.45) is 3.44. The summed E-state index contributed by atoms with van der Waals surface area (Å²) in [5, 5.41) is 10.6. The van der Waals surface area contributed by atoms with Crippen LogP contribution in [0.1, 0.15) is 49.0 Å². The van der Waals surface area contributed by atoms with E-state index < -0.39 is 12.0 Å². The van der Waals surface area contributed by atoms with E-state index in [1.807, 2.05) is 46.7 Å². The SMILES string of the molecule is CCC(C(=O)O)n1c2c(c3cc(F)ccc31)CC(N(CCOC)C(=O)CCc1ccccc1)CC2. The molecule has 1 amide bonds. The number of methoxy groups -OCH3 is 1. The van der Waals surface area contributed by atoms with Crippen molar-refractivity contribution in [3.05, 3.63) is 71.2 Å². The highest BCUT2D eigenvalue weighted by molar-refractivity contribution is 5.88. The first kappa shape index (κ1) is 24.9. The summed E-state index contributed by atoms with van der Waals surface area (Å²) in [5.74, 6) is -1.17. The zero-order chi connectivity index (χ0) is 24.9. The maximum Gasteiger partial charge on any atom is 0.326 e. The van der Waals surface area contributed by atoms with Gasteiger partial charge in [-0.05, 0) is 61.4 Å². The van der Waals surface area contributed by atoms with Crippen molar-refractivity contribution in [1.82, 2.24) is 9.47 Å². The molecule has 4 rings (SSSR count). The Labute approximate surface area is 205 Å². The van der Waals surface area contributed by atoms with E-state index in [4.69, 9.17) is 4.74 Å². The van der Waals surface area contributed by atoms with Crippen molar-refractivity contribution in [3.63, 3.8) is 0 Å². The number of carbonyl (C=O) groups is 2. The van der Waals surface area contributed by atoms with Gasteiger partial charge >= 0.3 is 5.97 Å². The molecule has 0 saturated carbocycles. The molecule has 1 N–H and O–H groups in total. The van der Waals surface area contributed by atoms with Crippen LogP contribution >= 0.6 is 0 Å². The molecule has 1 aromatic heterocycles. The monoisotopic (exact) mass is 480 g/mol. The minimum atomic E-state index is -0.892. The van der Waals surface area contributed by atoms with Gasteiger partial charge in [-0.2, -0.15) is 0 Å². The summed E-state index contributed by atoms with van der Waals surface area (Å²) in [6, 6.07) is 13.8. The van der Waals surface area contributed by atoms with Crippen LogP contribution < -0.4 is 0 Å². The van der Waals surface area contributed by atoms with Gasteiger partial charge in [-0.3, -0.25) is 4.79 Å². The number of carboxylic acids is 1. The second-order valence-corrected chi connectivity index (χ2v) is 9.18. The van der Waals surface area contributed by atoms with Crippen LogP contribution in [0.2, 0.25) is 0 Å². The largest absolute Gasteiger partial charge is 0.480 e. The van der Waals surface area contributed by atoms with Crippen molar-refractivity contribution < 1.29 is 23.8 Å². The lowest BCUT2D eigenvalue weighted by molar-refractivity contribution is -0.141. The van der Waals surface area contributed by atoms with Crippen LogP contribution in [0.5, 0.6) is 0 Å². The molecule has 0 fully saturated rings. The third-order valence-electron chi connectivity index (χ3n) is 7.09. The summed E-state index contributed by atoms with van der Waals surface area (Å²) in [6.45, 7) is 2.78. The van der Waals surface area contributed by atoms with E-state index in [1.54, 1.807) is 13.2 Å². The minimum absolute atomic E-state index is 0.0480. The van der Waals surface area contributed by atoms with E-state index >= 15 is 0 Å². The topological polar surface area (TPSA) is 71.8 Å². The fourth-order valence-corrected chi connectivity index (χ4v) is 5.38. The molecule has 6 nitrogen and oxygen atoms in total. The van der Waals surface area contributed by atoms with Gasteiger partial charge in [0.25, 0.3) is 0 Å². The number of aliphatic carboxylic acids is 1. The van der Waals surface area contributed by atoms with E-state index in [9.17, 15) is 19.1 Å². The number of hydrogen-bond donors (Lipinski definition) is 1. The van der Waals surface area contributed by atoms with Crippen molar-refractivity contribution in [1.29, 1.82) is 0 Å². The average molecular weight is 481 g/mol. The van der Waals surface area contributed by atoms with Gasteiger partial charge in [0.15, 0.2) is 0 Å². The molecule has 0 radical (unpaired) electrons. The molecule has 0 bridgehead atoms. The van der Waals surface area contributed by atoms with Gasteiger partial charge < -0.3 is 19.3 Å². The highest BCUT2D eigenvalue weighted by Crippen LogP contribution is 2.37. The molecule has 0 aliphatic heterocycles. The van der Waals surface area contributed by atoms with Crippen molar-refractivity contribution in [2.24, 2.45) is 0 Å². The summed E-state index contributed by atoms with van der Waals surface area (Å²) in [7, 11) is 1.62. The predicted octanol–water partition coefficient (Wildman–Crippen LogP) is 4.78. The standard InChI is InChI=1S/C28H33FN2O4/c1-3-24(28(33)34)31-25-12-10-20(29)17-22(25)23-18-21(11-13-26(23)31)30(15-16-35-2)27(32)14-9-19-7-5-4-6-8-19/h4-8,10,12,17,21,24H,3,9,11,13-16,18H2,1-2H3,(H,33,34). The smallest absolute Gasteiger partial charge is 0.326 e. The Morgan fingerprint density at radius 2 is 2.00 bits per heavy atom. The molecule has 2 aromatic carbocycles. The van der Waals surface area contributed by atoms with E-state index in [0.717, 1.165) is 34.1 Å². The molecule has 1 heterocycles. The van der Waals surface area contributed by atoms with Gasteiger partial charge in [-0.1, -0.05) is 37.3 Å². The Hall–Kier alpha value is -3.19. The predicted molar refractivity (Wildman–Crippen MR) is 133 cm³/mol. The molecular formula is C28H33FN2O4. The summed E-state index contributed by atoms with van der Waals surface area (Å²) in [5.41, 5.74) is 3.76. The summed E-state index contributed by atoms with van der Waals surface area (Å²) < 4.78 is 21.4. The summed E-state index contributed by atoms with van der Waals surface area (Å²) in [4.78, 5) is 27.3. The number of rotatable bonds is 10. The number of fused-ring (bicyclic) bond motifs is 3. The van der Waals surface area contributed by atoms with Crippen molar-refractivity contribution in [2.45, 2.75) is 57.5 Å². The first-order valence-electron chi connectivity index (χ1n) is 12.3. The van der Waals surface area contributed by atoms with Gasteiger partial charge in [-0.15, -0.1) is 0 Å². The molecule has 35 heavy (non-hydrogen) atoms. The Balaban J connectivity index is 1.64. The maximum absolute atomic E-state index is 14.3. The molecule has 3 aromatic rings. The maximum atomic E-state index is 14.3. The number of carbonyl (C=O) groups excluding carboxylic acids is 1. The number of benzene rings is 2. The normalized spacial score (nSPS) is 16.1. The number of carboxylic acid groups (broad SMARTS) is 1. The zero-order valence-electron chi connectivity index (χ0n) is 20.4. The number of ether oxygens (including phenoxy) is 1. The van der Waals surface area contributed by atoms with Crippen molar-refractivity contribution in [3.8, 4) is 0 Å². The van der Waals surface area contributed by atoms with Crippen molar-refractivity contribution in [2.75, 3.05) is 20.3 Å². The molecule has 0 spiro atoms. The van der Waals surface area contributed by atoms with E-state index in [1.165, 1.54) is 12.1 Å². The Morgan fingerprint density at radius 3 is 2.69 bits per heavy atom. The van der Waals surface area contributed by atoms with Gasteiger partial charge in [0.2, 0.25) is 5.91 Å². The zero-order valence-corrected chi connectivity index (χ0v) is 20.4. The molecule has 7 heteroatoms. The molecule has 2 atom stereocenters. The molecule has 1 aliphatic carbocycles. The van der Waals surface area contributed by atoms with Crippen LogP contribution in [0.4, 0.5) is 4.39 Å². The van der Waals surface area contributed by atoms with Crippen LogP contribution in [-0.2, 0) is 33.6 Å². The van der Waals surface area contributed by atoms with E-state index in [2.05, 4.69) is 0 Å². The second kappa shape index (κ2) is 11.0. The average Bonchev–Trinajstić information content (AvgIpc) is 3.17. The second-order valence-electron chi connectivity index (χ2n) is 9.18. The van der Waals surface area contributed by atoms with Gasteiger partial charge in [0.05, 0.1) is 6.61 Å². The Bertz CT molecular complexity index is 1190. The van der Waals surface area contributed by atoms with Crippen LogP contribution in [0.25, 0.3) is 10.9 Å². The molecule has 186 valence electrons. The fourth-order valence-electron chi connectivity index (χ4n) is 5.38. The quantitative estimate of drug-likeness (QED) is 0.453. The number of aryl methyl sites for hydroxylation is 1. The van der Waals surface area contributed by atoms with Crippen molar-refractivity contribution >= 4 is 22.8 Å². The van der Waals surface area contributed by atoms with Gasteiger partial charge in [0.1, 0.15) is 11.9 Å². The van der Waals surface area contributed by atoms with Gasteiger partial charge in [0, 0.05) is 42.7 Å². The van der Waals surface area contributed by atoms with Gasteiger partial charge in [-0.25, -0.2) is 9.18 Å². The Kier molecular flexibility index (Phi) is 7.86. The van der Waals surface area contributed by atoms with Crippen LogP contribution in [0, 0.1) is 5.82 Å². The van der Waals surface area contributed by atoms with E-state index in [-0.39, 0.29) is 17.8 Å². The number of hydrogen-bond acceptors (Lipinski definition) is 3. The number of amides is 1. The molecule has 2 unspecified atom stereocenters. The number of halogens is 1. The Morgan fingerprint density at radius 1 is 1.23 bits per heavy atom. The lowest BCUT2D eigenvalue weighted by atomic mass is 9.89. The lowest BCUT2D eigenvalue weighted by Crippen LogP contribution is -2.45. The number of aromatic nitrogens is 1. The third kappa shape index (κ3) is 5.25.